The lowest BCUT2D eigenvalue weighted by molar-refractivity contribution is -0.138. The molecule has 0 aromatic heterocycles. The first-order chi connectivity index (χ1) is 10.4. The van der Waals surface area contributed by atoms with Gasteiger partial charge in [0.1, 0.15) is 0 Å². The van der Waals surface area contributed by atoms with Crippen LogP contribution in [0.4, 0.5) is 13.2 Å². The molecule has 0 bridgehead atoms. The third-order valence-corrected chi connectivity index (χ3v) is 4.35. The quantitative estimate of drug-likeness (QED) is 0.809. The number of halogens is 3. The van der Waals surface area contributed by atoms with Crippen LogP contribution in [-0.2, 0) is 11.0 Å². The summed E-state index contributed by atoms with van der Waals surface area (Å²) in [4.78, 5) is 11.7. The smallest absolute Gasteiger partial charge is 0.353 e. The predicted molar refractivity (Wildman–Crippen MR) is 79.5 cm³/mol. The third kappa shape index (κ3) is 4.02. The number of nitrogens with one attached hydrogen (secondary N) is 1. The van der Waals surface area contributed by atoms with Gasteiger partial charge in [-0.05, 0) is 24.5 Å². The zero-order chi connectivity index (χ0) is 16.2. The Hall–Kier alpha value is -1.52. The molecule has 1 fully saturated rings. The van der Waals surface area contributed by atoms with E-state index in [0.717, 1.165) is 31.7 Å². The SMILES string of the molecule is CCC(=O)N[C@H]1CCCCC[C@@H]1c1ccccc1C(F)(F)F. The second-order valence-corrected chi connectivity index (χ2v) is 5.86. The van der Waals surface area contributed by atoms with Gasteiger partial charge in [-0.25, -0.2) is 0 Å². The Kier molecular flexibility index (Phi) is 5.48. The molecular formula is C17H22F3NO. The maximum atomic E-state index is 13.3. The Balaban J connectivity index is 2.35. The predicted octanol–water partition coefficient (Wildman–Crippen LogP) is 4.65. The van der Waals surface area contributed by atoms with Crippen molar-refractivity contribution in [3.8, 4) is 0 Å². The Morgan fingerprint density at radius 1 is 1.18 bits per heavy atom. The van der Waals surface area contributed by atoms with Gasteiger partial charge >= 0.3 is 6.18 Å². The minimum atomic E-state index is -4.36. The molecule has 22 heavy (non-hydrogen) atoms. The highest BCUT2D eigenvalue weighted by molar-refractivity contribution is 5.76. The van der Waals surface area contributed by atoms with Gasteiger partial charge < -0.3 is 5.32 Å². The van der Waals surface area contributed by atoms with Gasteiger partial charge in [-0.2, -0.15) is 13.2 Å². The number of rotatable bonds is 3. The highest BCUT2D eigenvalue weighted by Crippen LogP contribution is 2.40. The molecule has 0 heterocycles. The van der Waals surface area contributed by atoms with E-state index in [4.69, 9.17) is 0 Å². The number of hydrogen-bond donors (Lipinski definition) is 1. The molecule has 1 saturated carbocycles. The molecule has 2 rings (SSSR count). The number of carbonyl (C=O) groups is 1. The molecular weight excluding hydrogens is 291 g/mol. The average Bonchev–Trinajstić information content (AvgIpc) is 2.71. The van der Waals surface area contributed by atoms with Crippen LogP contribution in [0.3, 0.4) is 0 Å². The molecule has 0 spiro atoms. The fourth-order valence-electron chi connectivity index (χ4n) is 3.24. The van der Waals surface area contributed by atoms with Crippen molar-refractivity contribution >= 4 is 5.91 Å². The molecule has 1 aliphatic carbocycles. The number of hydrogen-bond acceptors (Lipinski definition) is 1. The van der Waals surface area contributed by atoms with Crippen molar-refractivity contribution in [3.63, 3.8) is 0 Å². The zero-order valence-electron chi connectivity index (χ0n) is 12.7. The van der Waals surface area contributed by atoms with Crippen molar-refractivity contribution in [2.24, 2.45) is 0 Å². The van der Waals surface area contributed by atoms with Gasteiger partial charge in [-0.1, -0.05) is 44.4 Å². The molecule has 0 saturated heterocycles. The summed E-state index contributed by atoms with van der Waals surface area (Å²) in [6, 6.07) is 5.55. The van der Waals surface area contributed by atoms with Crippen molar-refractivity contribution in [2.45, 2.75) is 63.6 Å². The largest absolute Gasteiger partial charge is 0.416 e. The van der Waals surface area contributed by atoms with E-state index in [0.29, 0.717) is 18.4 Å². The van der Waals surface area contributed by atoms with Gasteiger partial charge in [-0.3, -0.25) is 4.79 Å². The number of carbonyl (C=O) groups excluding carboxylic acids is 1. The Labute approximate surface area is 129 Å². The number of benzene rings is 1. The maximum absolute atomic E-state index is 13.3. The van der Waals surface area contributed by atoms with Crippen LogP contribution in [0.15, 0.2) is 24.3 Å². The van der Waals surface area contributed by atoms with E-state index in [-0.39, 0.29) is 17.9 Å². The second-order valence-electron chi connectivity index (χ2n) is 5.86. The first-order valence-corrected chi connectivity index (χ1v) is 7.89. The van der Waals surface area contributed by atoms with E-state index in [1.807, 2.05) is 0 Å². The van der Waals surface area contributed by atoms with Gasteiger partial charge in [0, 0.05) is 18.4 Å². The molecule has 2 atom stereocenters. The third-order valence-electron chi connectivity index (χ3n) is 4.35. The Morgan fingerprint density at radius 2 is 1.86 bits per heavy atom. The molecule has 2 nitrogen and oxygen atoms in total. The molecule has 122 valence electrons. The summed E-state index contributed by atoms with van der Waals surface area (Å²) in [6.07, 6.45) is 0.259. The molecule has 1 N–H and O–H groups in total. The normalized spacial score (nSPS) is 22.9. The first kappa shape index (κ1) is 16.8. The standard InChI is InChI=1S/C17H22F3NO/c1-2-16(22)21-15-11-5-3-4-9-13(15)12-8-6-7-10-14(12)17(18,19)20/h6-8,10,13,15H,2-5,9,11H2,1H3,(H,21,22)/t13-,15+/m1/s1. The molecule has 5 heteroatoms. The molecule has 0 aliphatic heterocycles. The monoisotopic (exact) mass is 313 g/mol. The number of amides is 1. The van der Waals surface area contributed by atoms with Crippen molar-refractivity contribution < 1.29 is 18.0 Å². The Bertz CT molecular complexity index is 513. The molecule has 1 aliphatic rings. The van der Waals surface area contributed by atoms with Crippen LogP contribution in [-0.4, -0.2) is 11.9 Å². The van der Waals surface area contributed by atoms with E-state index < -0.39 is 11.7 Å². The highest BCUT2D eigenvalue weighted by Gasteiger charge is 2.37. The summed E-state index contributed by atoms with van der Waals surface area (Å²) in [6.45, 7) is 1.75. The van der Waals surface area contributed by atoms with Crippen molar-refractivity contribution in [1.29, 1.82) is 0 Å². The molecule has 1 aromatic carbocycles. The molecule has 1 amide bonds. The van der Waals surface area contributed by atoms with Crippen LogP contribution < -0.4 is 5.32 Å². The topological polar surface area (TPSA) is 29.1 Å². The minimum Gasteiger partial charge on any atom is -0.353 e. The van der Waals surface area contributed by atoms with Crippen LogP contribution in [0.1, 0.15) is 62.5 Å². The van der Waals surface area contributed by atoms with Crippen LogP contribution in [0.25, 0.3) is 0 Å². The zero-order valence-corrected chi connectivity index (χ0v) is 12.7. The fraction of sp³-hybridized carbons (Fsp3) is 0.588. The highest BCUT2D eigenvalue weighted by atomic mass is 19.4. The molecule has 0 unspecified atom stereocenters. The summed E-state index contributed by atoms with van der Waals surface area (Å²) in [5.41, 5.74) is -0.254. The van der Waals surface area contributed by atoms with Gasteiger partial charge in [0.05, 0.1) is 5.56 Å². The lowest BCUT2D eigenvalue weighted by Crippen LogP contribution is -2.39. The maximum Gasteiger partial charge on any atom is 0.416 e. The average molecular weight is 313 g/mol. The Morgan fingerprint density at radius 3 is 2.55 bits per heavy atom. The summed E-state index contributed by atoms with van der Waals surface area (Å²) in [7, 11) is 0. The molecule has 1 aromatic rings. The van der Waals surface area contributed by atoms with Gasteiger partial charge in [-0.15, -0.1) is 0 Å². The summed E-state index contributed by atoms with van der Waals surface area (Å²) >= 11 is 0. The van der Waals surface area contributed by atoms with E-state index in [1.54, 1.807) is 19.1 Å². The summed E-state index contributed by atoms with van der Waals surface area (Å²) < 4.78 is 39.8. The number of alkyl halides is 3. The first-order valence-electron chi connectivity index (χ1n) is 7.89. The summed E-state index contributed by atoms with van der Waals surface area (Å²) in [5.74, 6) is -0.364. The van der Waals surface area contributed by atoms with Crippen LogP contribution in [0.5, 0.6) is 0 Å². The summed E-state index contributed by atoms with van der Waals surface area (Å²) in [5, 5.41) is 2.93. The fourth-order valence-corrected chi connectivity index (χ4v) is 3.24. The molecule has 0 radical (unpaired) electrons. The van der Waals surface area contributed by atoms with Crippen LogP contribution >= 0.6 is 0 Å². The van der Waals surface area contributed by atoms with E-state index in [1.165, 1.54) is 6.07 Å². The van der Waals surface area contributed by atoms with E-state index >= 15 is 0 Å². The van der Waals surface area contributed by atoms with E-state index in [9.17, 15) is 18.0 Å². The second kappa shape index (κ2) is 7.16. The van der Waals surface area contributed by atoms with Crippen molar-refractivity contribution in [3.05, 3.63) is 35.4 Å². The van der Waals surface area contributed by atoms with Gasteiger partial charge in [0.2, 0.25) is 5.91 Å². The van der Waals surface area contributed by atoms with E-state index in [2.05, 4.69) is 5.32 Å². The van der Waals surface area contributed by atoms with Gasteiger partial charge in [0.15, 0.2) is 0 Å². The van der Waals surface area contributed by atoms with Crippen molar-refractivity contribution in [2.75, 3.05) is 0 Å². The van der Waals surface area contributed by atoms with Crippen LogP contribution in [0.2, 0.25) is 0 Å². The van der Waals surface area contributed by atoms with Crippen LogP contribution in [0, 0.1) is 0 Å². The minimum absolute atomic E-state index is 0.0959. The lowest BCUT2D eigenvalue weighted by atomic mass is 9.84. The van der Waals surface area contributed by atoms with Gasteiger partial charge in [0.25, 0.3) is 0 Å². The lowest BCUT2D eigenvalue weighted by Gasteiger charge is -2.28. The van der Waals surface area contributed by atoms with Crippen molar-refractivity contribution in [1.82, 2.24) is 5.32 Å².